The summed E-state index contributed by atoms with van der Waals surface area (Å²) in [6.07, 6.45) is 11.2. The molecule has 4 saturated carbocycles. The van der Waals surface area contributed by atoms with Crippen molar-refractivity contribution in [1.29, 1.82) is 0 Å². The highest BCUT2D eigenvalue weighted by atomic mass is 16.6. The molecular formula is C84H154O7. The van der Waals surface area contributed by atoms with E-state index in [0.717, 1.165) is 86.0 Å². The number of hydrogen-bond donors (Lipinski definition) is 5. The van der Waals surface area contributed by atoms with Crippen molar-refractivity contribution in [3.8, 4) is 0 Å². The van der Waals surface area contributed by atoms with Crippen LogP contribution in [0.4, 0.5) is 0 Å². The predicted octanol–water partition coefficient (Wildman–Crippen LogP) is 21.2. The average Bonchev–Trinajstić information content (AvgIpc) is 1.68. The van der Waals surface area contributed by atoms with Gasteiger partial charge in [0.1, 0.15) is 12.2 Å². The fourth-order valence-corrected chi connectivity index (χ4v) is 22.2. The lowest BCUT2D eigenvalue weighted by atomic mass is 9.45. The summed E-state index contributed by atoms with van der Waals surface area (Å²) in [5.41, 5.74) is 5.02. The van der Waals surface area contributed by atoms with E-state index in [1.165, 1.54) is 49.3 Å². The molecule has 0 aliphatic heterocycles. The minimum absolute atomic E-state index is 0.0287. The van der Waals surface area contributed by atoms with Crippen LogP contribution in [0.5, 0.6) is 0 Å². The maximum absolute atomic E-state index is 12.4. The number of aliphatic hydroxyl groups excluding tert-OH is 5. The van der Waals surface area contributed by atoms with E-state index in [2.05, 4.69) is 220 Å². The van der Waals surface area contributed by atoms with Crippen molar-refractivity contribution >= 4 is 5.97 Å². The Balaban J connectivity index is 0.000000278. The minimum Gasteiger partial charge on any atom is -0.458 e. The normalized spacial score (nSPS) is 40.9. The van der Waals surface area contributed by atoms with Crippen LogP contribution in [0.2, 0.25) is 0 Å². The molecule has 7 aliphatic carbocycles. The van der Waals surface area contributed by atoms with E-state index in [1.54, 1.807) is 0 Å². The summed E-state index contributed by atoms with van der Waals surface area (Å²) in [4.78, 5) is 12.4. The Bertz CT molecular complexity index is 2310. The lowest BCUT2D eigenvalue weighted by Gasteiger charge is -2.62. The SMILES string of the molecule is C=C(CC[C@@H](C)[C@H]1CC=C2C3=C([C@@H](O)[C@H](OC(C)=O)[C@@]21C)[C@@]1(C)C[C@@H](O)[C@H](O)C(C)(C)[C@@H]1CC3)C(C)C.CC(C)C[C@H]1C(C)(C)[C@@H](C)[C@H](C)C[C@]1(C)C(C)C.CC(C)C[C@H]1C(C)(C)[C@@H](C)[C@H](O)C[C@]1(C)C(C)C.CC(C)C[C@H]1C(C)(C)[C@@H](O)[C@H](C)C[C@]1(C)C(C)C. The van der Waals surface area contributed by atoms with Crippen LogP contribution in [0.15, 0.2) is 34.9 Å². The van der Waals surface area contributed by atoms with E-state index in [9.17, 15) is 30.3 Å². The molecule has 7 heteroatoms. The van der Waals surface area contributed by atoms with Gasteiger partial charge >= 0.3 is 5.97 Å². The van der Waals surface area contributed by atoms with Crippen LogP contribution in [0.3, 0.4) is 0 Å². The summed E-state index contributed by atoms with van der Waals surface area (Å²) in [7, 11) is 0. The van der Waals surface area contributed by atoms with Crippen LogP contribution in [0, 0.1) is 149 Å². The summed E-state index contributed by atoms with van der Waals surface area (Å²) >= 11 is 0. The molecule has 5 N–H and O–H groups in total. The molecule has 4 fully saturated rings. The van der Waals surface area contributed by atoms with E-state index in [0.29, 0.717) is 75.9 Å². The summed E-state index contributed by atoms with van der Waals surface area (Å²) in [5.74, 6) is 9.82. The van der Waals surface area contributed by atoms with Crippen molar-refractivity contribution in [2.24, 2.45) is 149 Å². The Hall–Kier alpha value is -1.51. The molecule has 7 aliphatic rings. The number of rotatable bonds is 15. The van der Waals surface area contributed by atoms with Gasteiger partial charge in [-0.25, -0.2) is 0 Å². The number of carbonyl (C=O) groups excluding carboxylic acids is 1. The van der Waals surface area contributed by atoms with Crippen molar-refractivity contribution in [1.82, 2.24) is 0 Å². The second-order valence-corrected chi connectivity index (χ2v) is 39.1. The number of esters is 1. The molecule has 0 amide bonds. The highest BCUT2D eigenvalue weighted by Gasteiger charge is 2.65. The van der Waals surface area contributed by atoms with Crippen molar-refractivity contribution < 1.29 is 35.1 Å². The van der Waals surface area contributed by atoms with Gasteiger partial charge in [0.05, 0.1) is 24.4 Å². The Morgan fingerprint density at radius 1 is 0.560 bits per heavy atom. The number of aliphatic hydroxyl groups is 5. The third-order valence-corrected chi connectivity index (χ3v) is 29.6. The van der Waals surface area contributed by atoms with Gasteiger partial charge in [0.15, 0.2) is 0 Å². The van der Waals surface area contributed by atoms with Crippen molar-refractivity contribution in [3.63, 3.8) is 0 Å². The van der Waals surface area contributed by atoms with E-state index in [-0.39, 0.29) is 46.3 Å². The third-order valence-electron chi connectivity index (χ3n) is 29.6. The summed E-state index contributed by atoms with van der Waals surface area (Å²) in [6.45, 7) is 80.2. The average molecular weight is 1280 g/mol. The second kappa shape index (κ2) is 29.9. The van der Waals surface area contributed by atoms with Gasteiger partial charge in [0, 0.05) is 12.3 Å². The monoisotopic (exact) mass is 1280 g/mol. The summed E-state index contributed by atoms with van der Waals surface area (Å²) in [6, 6.07) is 0. The van der Waals surface area contributed by atoms with Crippen molar-refractivity contribution in [2.45, 2.75) is 342 Å². The first-order chi connectivity index (χ1) is 41.2. The molecule has 0 heterocycles. The second-order valence-electron chi connectivity index (χ2n) is 39.1. The first kappa shape index (κ1) is 81.9. The zero-order valence-corrected chi connectivity index (χ0v) is 66.1. The van der Waals surface area contributed by atoms with E-state index < -0.39 is 40.7 Å². The van der Waals surface area contributed by atoms with Gasteiger partial charge in [-0.1, -0.05) is 240 Å². The molecule has 91 heavy (non-hydrogen) atoms. The molecule has 0 aromatic rings. The van der Waals surface area contributed by atoms with Gasteiger partial charge in [0.25, 0.3) is 0 Å². The number of allylic oxidation sites excluding steroid dienone is 3. The Kier molecular flexibility index (Phi) is 26.9. The largest absolute Gasteiger partial charge is 0.458 e. The third kappa shape index (κ3) is 16.0. The molecule has 0 aromatic heterocycles. The summed E-state index contributed by atoms with van der Waals surface area (Å²) < 4.78 is 6.04. The van der Waals surface area contributed by atoms with Crippen LogP contribution in [0.25, 0.3) is 0 Å². The fraction of sp³-hybridized carbons (Fsp3) is 0.917. The maximum atomic E-state index is 12.4. The number of carbonyl (C=O) groups is 1. The van der Waals surface area contributed by atoms with Gasteiger partial charge in [-0.2, -0.15) is 0 Å². The van der Waals surface area contributed by atoms with Crippen molar-refractivity contribution in [2.75, 3.05) is 0 Å². The van der Waals surface area contributed by atoms with Gasteiger partial charge in [0.2, 0.25) is 0 Å². The van der Waals surface area contributed by atoms with Crippen LogP contribution < -0.4 is 0 Å². The van der Waals surface area contributed by atoms with Crippen LogP contribution in [-0.2, 0) is 9.53 Å². The number of hydrogen-bond acceptors (Lipinski definition) is 7. The minimum atomic E-state index is -0.939. The lowest BCUT2D eigenvalue weighted by Crippen LogP contribution is -2.62. The molecule has 532 valence electrons. The van der Waals surface area contributed by atoms with Gasteiger partial charge in [-0.15, -0.1) is 0 Å². The summed E-state index contributed by atoms with van der Waals surface area (Å²) in [5, 5.41) is 55.0. The van der Waals surface area contributed by atoms with Crippen LogP contribution >= 0.6 is 0 Å². The molecule has 0 aromatic carbocycles. The van der Waals surface area contributed by atoms with Crippen molar-refractivity contribution in [3.05, 3.63) is 34.9 Å². The molecule has 0 saturated heterocycles. The molecule has 0 unspecified atom stereocenters. The Labute approximate surface area is 564 Å². The molecular weight excluding hydrogens is 1120 g/mol. The quantitative estimate of drug-likeness (QED) is 0.0816. The molecule has 7 rings (SSSR count). The number of ether oxygens (including phenoxy) is 1. The topological polar surface area (TPSA) is 127 Å². The molecule has 0 spiro atoms. The highest BCUT2D eigenvalue weighted by molar-refractivity contribution is 5.67. The Morgan fingerprint density at radius 3 is 1.42 bits per heavy atom. The zero-order valence-electron chi connectivity index (χ0n) is 66.1. The standard InChI is InChI=1S/C32H50O5.C18H36.2C17H34O/c1-17(2)18(3)10-11-19(4)22-13-14-23-21-12-15-25-30(6,7)28(36)24(34)16-31(25,8)26(21)27(35)29(32(22,23)9)37-20(5)33;1-12(2)10-16-17(7,8)15(6)14(5)11-18(16,9)13(3)4;1-11(2)9-15-16(6,7)13(5)14(18)10-17(15,8)12(3)4;1-11(2)9-14-16(6,7)15(18)13(5)10-17(14,8)12(3)4/h14,17,19,22,24-25,27-29,34-36H,3,10-13,15-16H2,1-2,4-9H3;12-16H,10-11H2,1-9H3;2*11-15,18H,9-10H2,1-8H3/t19-,22-,24-,25+,27-,28+,29+,31+,32-;14-,15+,16+,18-;13-,14+,15-,17+;13-,14+,15+,17-/m1101/s1. The molecule has 21 atom stereocenters. The smallest absolute Gasteiger partial charge is 0.303 e. The van der Waals surface area contributed by atoms with Crippen LogP contribution in [0.1, 0.15) is 306 Å². The van der Waals surface area contributed by atoms with E-state index in [4.69, 9.17) is 4.74 Å². The zero-order chi connectivity index (χ0) is 70.6. The fourth-order valence-electron chi connectivity index (χ4n) is 22.2. The van der Waals surface area contributed by atoms with Gasteiger partial charge in [-0.05, 0) is 238 Å². The maximum Gasteiger partial charge on any atom is 0.303 e. The van der Waals surface area contributed by atoms with E-state index in [1.807, 2.05) is 13.8 Å². The lowest BCUT2D eigenvalue weighted by molar-refractivity contribution is -0.176. The first-order valence-electron chi connectivity index (χ1n) is 37.9. The van der Waals surface area contributed by atoms with Gasteiger partial charge in [-0.3, -0.25) is 4.79 Å². The van der Waals surface area contributed by atoms with Crippen LogP contribution in [-0.4, -0.2) is 68.1 Å². The molecule has 7 nitrogen and oxygen atoms in total. The molecule has 0 radical (unpaired) electrons. The molecule has 0 bridgehead atoms. The van der Waals surface area contributed by atoms with E-state index >= 15 is 0 Å². The predicted molar refractivity (Wildman–Crippen MR) is 388 cm³/mol. The first-order valence-corrected chi connectivity index (χ1v) is 37.9. The number of fused-ring (bicyclic) bond motifs is 4. The Morgan fingerprint density at radius 2 is 0.989 bits per heavy atom. The highest BCUT2D eigenvalue weighted by Crippen LogP contribution is 2.68. The van der Waals surface area contributed by atoms with Gasteiger partial charge < -0.3 is 30.3 Å².